The van der Waals surface area contributed by atoms with Gasteiger partial charge in [0.25, 0.3) is 0 Å². The van der Waals surface area contributed by atoms with Crippen molar-refractivity contribution in [3.63, 3.8) is 0 Å². The van der Waals surface area contributed by atoms with E-state index >= 15 is 0 Å². The maximum atomic E-state index is 11.1. The maximum Gasteiger partial charge on any atom is 0.407 e. The molecule has 0 spiro atoms. The molecule has 0 saturated carbocycles. The van der Waals surface area contributed by atoms with Gasteiger partial charge in [-0.1, -0.05) is 6.07 Å². The molecule has 3 N–H and O–H groups in total. The lowest BCUT2D eigenvalue weighted by atomic mass is 10.1. The van der Waals surface area contributed by atoms with Crippen molar-refractivity contribution in [1.82, 2.24) is 4.90 Å². The molecule has 2 amide bonds. The molecule has 1 saturated heterocycles. The fraction of sp³-hybridized carbons (Fsp3) is 0.333. The summed E-state index contributed by atoms with van der Waals surface area (Å²) < 4.78 is 0. The minimum Gasteiger partial charge on any atom is -0.465 e. The third-order valence-corrected chi connectivity index (χ3v) is 3.05. The molecule has 2 rings (SSSR count). The first kappa shape index (κ1) is 12.2. The second kappa shape index (κ2) is 4.95. The van der Waals surface area contributed by atoms with Gasteiger partial charge in [-0.15, -0.1) is 0 Å². The van der Waals surface area contributed by atoms with E-state index in [4.69, 9.17) is 10.8 Å². The summed E-state index contributed by atoms with van der Waals surface area (Å²) in [7, 11) is 0. The zero-order valence-electron chi connectivity index (χ0n) is 9.87. The summed E-state index contributed by atoms with van der Waals surface area (Å²) in [5, 5.41) is 8.86. The van der Waals surface area contributed by atoms with Gasteiger partial charge in [-0.05, 0) is 18.2 Å². The van der Waals surface area contributed by atoms with Crippen LogP contribution in [0.15, 0.2) is 24.3 Å². The van der Waals surface area contributed by atoms with Gasteiger partial charge >= 0.3 is 6.09 Å². The Balaban J connectivity index is 2.07. The zero-order chi connectivity index (χ0) is 13.1. The Labute approximate surface area is 105 Å². The first-order valence-electron chi connectivity index (χ1n) is 5.70. The monoisotopic (exact) mass is 249 g/mol. The van der Waals surface area contributed by atoms with Gasteiger partial charge in [-0.25, -0.2) is 4.79 Å². The van der Waals surface area contributed by atoms with Crippen LogP contribution < -0.4 is 10.6 Å². The SMILES string of the molecule is NC(=O)c1cccc(N2CCN(C(=O)O)CC2)c1. The molecule has 1 fully saturated rings. The van der Waals surface area contributed by atoms with E-state index in [0.29, 0.717) is 31.7 Å². The Morgan fingerprint density at radius 2 is 1.83 bits per heavy atom. The van der Waals surface area contributed by atoms with Crippen molar-refractivity contribution in [3.8, 4) is 0 Å². The Bertz CT molecular complexity index is 467. The number of hydrogen-bond acceptors (Lipinski definition) is 3. The van der Waals surface area contributed by atoms with Gasteiger partial charge in [0.2, 0.25) is 5.91 Å². The Kier molecular flexibility index (Phi) is 3.36. The van der Waals surface area contributed by atoms with Crippen molar-refractivity contribution in [3.05, 3.63) is 29.8 Å². The minimum absolute atomic E-state index is 0.457. The van der Waals surface area contributed by atoms with Gasteiger partial charge in [0.05, 0.1) is 0 Å². The summed E-state index contributed by atoms with van der Waals surface area (Å²) in [5.74, 6) is -0.457. The molecule has 1 aromatic carbocycles. The number of nitrogens with zero attached hydrogens (tertiary/aromatic N) is 2. The van der Waals surface area contributed by atoms with E-state index in [1.807, 2.05) is 11.0 Å². The van der Waals surface area contributed by atoms with Crippen LogP contribution in [0.3, 0.4) is 0 Å². The molecule has 0 atom stereocenters. The summed E-state index contributed by atoms with van der Waals surface area (Å²) >= 11 is 0. The second-order valence-corrected chi connectivity index (χ2v) is 4.17. The highest BCUT2D eigenvalue weighted by atomic mass is 16.4. The fourth-order valence-corrected chi connectivity index (χ4v) is 2.01. The van der Waals surface area contributed by atoms with Gasteiger partial charge in [0.1, 0.15) is 0 Å². The van der Waals surface area contributed by atoms with Crippen LogP contribution in [-0.4, -0.2) is 48.2 Å². The van der Waals surface area contributed by atoms with Crippen LogP contribution in [0.2, 0.25) is 0 Å². The number of amides is 2. The predicted molar refractivity (Wildman–Crippen MR) is 66.8 cm³/mol. The van der Waals surface area contributed by atoms with Crippen molar-refractivity contribution in [2.45, 2.75) is 0 Å². The third kappa shape index (κ3) is 2.53. The van der Waals surface area contributed by atoms with Crippen molar-refractivity contribution in [2.75, 3.05) is 31.1 Å². The standard InChI is InChI=1S/C12H15N3O3/c13-11(16)9-2-1-3-10(8-9)14-4-6-15(7-5-14)12(17)18/h1-3,8H,4-7H2,(H2,13,16)(H,17,18). The highest BCUT2D eigenvalue weighted by Gasteiger charge is 2.20. The van der Waals surface area contributed by atoms with Crippen LogP contribution >= 0.6 is 0 Å². The highest BCUT2D eigenvalue weighted by Crippen LogP contribution is 2.18. The van der Waals surface area contributed by atoms with Gasteiger partial charge in [-0.2, -0.15) is 0 Å². The second-order valence-electron chi connectivity index (χ2n) is 4.17. The summed E-state index contributed by atoms with van der Waals surface area (Å²) in [6.07, 6.45) is -0.888. The number of carbonyl (C=O) groups is 2. The van der Waals surface area contributed by atoms with Crippen LogP contribution in [-0.2, 0) is 0 Å². The molecule has 96 valence electrons. The van der Waals surface area contributed by atoms with E-state index in [2.05, 4.69) is 0 Å². The van der Waals surface area contributed by atoms with Gasteiger partial charge < -0.3 is 20.6 Å². The molecule has 6 nitrogen and oxygen atoms in total. The Morgan fingerprint density at radius 3 is 2.39 bits per heavy atom. The van der Waals surface area contributed by atoms with Gasteiger partial charge in [-0.3, -0.25) is 4.79 Å². The van der Waals surface area contributed by atoms with Gasteiger partial charge in [0.15, 0.2) is 0 Å². The number of piperazine rings is 1. The number of carbonyl (C=O) groups excluding carboxylic acids is 1. The van der Waals surface area contributed by atoms with Crippen molar-refractivity contribution in [2.24, 2.45) is 5.73 Å². The molecule has 0 radical (unpaired) electrons. The zero-order valence-corrected chi connectivity index (χ0v) is 9.87. The molecule has 1 heterocycles. The number of primary amides is 1. The predicted octanol–water partition coefficient (Wildman–Crippen LogP) is 0.585. The van der Waals surface area contributed by atoms with Crippen LogP contribution in [0.1, 0.15) is 10.4 Å². The quantitative estimate of drug-likeness (QED) is 0.803. The number of carboxylic acid groups (broad SMARTS) is 1. The molecule has 18 heavy (non-hydrogen) atoms. The summed E-state index contributed by atoms with van der Waals surface area (Å²) in [6, 6.07) is 7.07. The average Bonchev–Trinajstić information content (AvgIpc) is 2.39. The van der Waals surface area contributed by atoms with Crippen LogP contribution in [0, 0.1) is 0 Å². The first-order valence-corrected chi connectivity index (χ1v) is 5.70. The molecule has 1 aliphatic heterocycles. The average molecular weight is 249 g/mol. The van der Waals surface area contributed by atoms with Crippen LogP contribution in [0.5, 0.6) is 0 Å². The lowest BCUT2D eigenvalue weighted by molar-refractivity contribution is 0.1000. The van der Waals surface area contributed by atoms with Crippen molar-refractivity contribution < 1.29 is 14.7 Å². The molecule has 1 aromatic rings. The van der Waals surface area contributed by atoms with Crippen LogP contribution in [0.25, 0.3) is 0 Å². The number of nitrogens with two attached hydrogens (primary N) is 1. The Hall–Kier alpha value is -2.24. The van der Waals surface area contributed by atoms with E-state index in [9.17, 15) is 9.59 Å². The normalized spacial score (nSPS) is 15.6. The van der Waals surface area contributed by atoms with E-state index in [0.717, 1.165) is 5.69 Å². The molecular formula is C12H15N3O3. The molecule has 1 aliphatic rings. The van der Waals surface area contributed by atoms with Crippen molar-refractivity contribution in [1.29, 1.82) is 0 Å². The minimum atomic E-state index is -0.888. The lowest BCUT2D eigenvalue weighted by Crippen LogP contribution is -2.48. The number of hydrogen-bond donors (Lipinski definition) is 2. The molecule has 6 heteroatoms. The molecule has 0 aliphatic carbocycles. The fourth-order valence-electron chi connectivity index (χ4n) is 2.01. The molecular weight excluding hydrogens is 234 g/mol. The van der Waals surface area contributed by atoms with E-state index < -0.39 is 12.0 Å². The van der Waals surface area contributed by atoms with E-state index in [-0.39, 0.29) is 0 Å². The third-order valence-electron chi connectivity index (χ3n) is 3.05. The highest BCUT2D eigenvalue weighted by molar-refractivity contribution is 5.93. The number of rotatable bonds is 2. The maximum absolute atomic E-state index is 11.1. The van der Waals surface area contributed by atoms with E-state index in [1.54, 1.807) is 18.2 Å². The number of benzene rings is 1. The first-order chi connectivity index (χ1) is 8.58. The largest absolute Gasteiger partial charge is 0.465 e. The Morgan fingerprint density at radius 1 is 1.17 bits per heavy atom. The van der Waals surface area contributed by atoms with Crippen molar-refractivity contribution >= 4 is 17.7 Å². The summed E-state index contributed by atoms with van der Waals surface area (Å²) in [6.45, 7) is 2.18. The van der Waals surface area contributed by atoms with E-state index in [1.165, 1.54) is 4.90 Å². The lowest BCUT2D eigenvalue weighted by Gasteiger charge is -2.34. The van der Waals surface area contributed by atoms with Crippen LogP contribution in [0.4, 0.5) is 10.5 Å². The smallest absolute Gasteiger partial charge is 0.407 e. The number of anilines is 1. The summed E-state index contributed by atoms with van der Waals surface area (Å²) in [4.78, 5) is 25.3. The molecule has 0 bridgehead atoms. The molecule has 0 unspecified atom stereocenters. The van der Waals surface area contributed by atoms with Gasteiger partial charge in [0, 0.05) is 37.4 Å². The topological polar surface area (TPSA) is 86.9 Å². The molecule has 0 aromatic heterocycles. The summed E-state index contributed by atoms with van der Waals surface area (Å²) in [5.41, 5.74) is 6.60.